The summed E-state index contributed by atoms with van der Waals surface area (Å²) in [5.74, 6) is 0.000396. The molecule has 0 fully saturated rings. The normalized spacial score (nSPS) is 10.5. The number of carbonyl (C=O) groups is 1. The summed E-state index contributed by atoms with van der Waals surface area (Å²) in [6.45, 7) is 2.15. The highest BCUT2D eigenvalue weighted by Gasteiger charge is 2.10. The van der Waals surface area contributed by atoms with Crippen molar-refractivity contribution >= 4 is 11.7 Å². The molecule has 1 aromatic rings. The molecule has 0 aromatic heterocycles. The molecule has 0 saturated carbocycles. The predicted octanol–water partition coefficient (Wildman–Crippen LogP) is 1.54. The molecule has 0 spiro atoms. The number of hydrogen-bond donors (Lipinski definition) is 1. The number of anilines is 1. The molecule has 0 heterocycles. The van der Waals surface area contributed by atoms with E-state index in [-0.39, 0.29) is 6.42 Å². The summed E-state index contributed by atoms with van der Waals surface area (Å²) in [4.78, 5) is 14.9. The van der Waals surface area contributed by atoms with Crippen LogP contribution < -0.4 is 9.64 Å². The Kier molecular flexibility index (Phi) is 6.15. The first-order chi connectivity index (χ1) is 9.02. The van der Waals surface area contributed by atoms with Crippen molar-refractivity contribution in [3.63, 3.8) is 0 Å². The van der Waals surface area contributed by atoms with Crippen molar-refractivity contribution < 1.29 is 14.6 Å². The molecule has 1 rings (SSSR count). The number of benzene rings is 1. The Labute approximate surface area is 114 Å². The lowest BCUT2D eigenvalue weighted by Crippen LogP contribution is -2.33. The Morgan fingerprint density at radius 3 is 2.58 bits per heavy atom. The van der Waals surface area contributed by atoms with Crippen LogP contribution in [0.15, 0.2) is 24.3 Å². The van der Waals surface area contributed by atoms with Gasteiger partial charge in [0.2, 0.25) is 0 Å². The maximum absolute atomic E-state index is 10.7. The molecule has 0 atom stereocenters. The van der Waals surface area contributed by atoms with Gasteiger partial charge in [0, 0.05) is 31.4 Å². The van der Waals surface area contributed by atoms with Gasteiger partial charge in [-0.25, -0.2) is 0 Å². The number of carboxylic acid groups (broad SMARTS) is 1. The maximum Gasteiger partial charge on any atom is 0.305 e. The molecular formula is C14H22N2O3. The molecule has 0 saturated heterocycles. The highest BCUT2D eigenvalue weighted by molar-refractivity contribution is 5.67. The highest BCUT2D eigenvalue weighted by Crippen LogP contribution is 2.21. The minimum absolute atomic E-state index is 0.130. The number of methoxy groups -OCH3 is 1. The van der Waals surface area contributed by atoms with Crippen molar-refractivity contribution in [3.8, 4) is 5.75 Å². The number of nitrogens with zero attached hydrogens (tertiary/aromatic N) is 2. The van der Waals surface area contributed by atoms with Gasteiger partial charge in [-0.1, -0.05) is 6.07 Å². The van der Waals surface area contributed by atoms with Gasteiger partial charge in [0.15, 0.2) is 0 Å². The lowest BCUT2D eigenvalue weighted by atomic mass is 10.2. The van der Waals surface area contributed by atoms with Crippen LogP contribution in [0.4, 0.5) is 5.69 Å². The van der Waals surface area contributed by atoms with Crippen LogP contribution in [-0.2, 0) is 4.79 Å². The summed E-state index contributed by atoms with van der Waals surface area (Å²) in [6, 6.07) is 7.69. The van der Waals surface area contributed by atoms with Gasteiger partial charge in [-0.05, 0) is 26.2 Å². The van der Waals surface area contributed by atoms with Crippen LogP contribution in [0.25, 0.3) is 0 Å². The molecule has 0 bridgehead atoms. The topological polar surface area (TPSA) is 53.0 Å². The number of ether oxygens (including phenoxy) is 1. The third-order valence-electron chi connectivity index (χ3n) is 2.83. The number of hydrogen-bond acceptors (Lipinski definition) is 4. The Bertz CT molecular complexity index is 407. The van der Waals surface area contributed by atoms with Gasteiger partial charge >= 0.3 is 5.97 Å². The van der Waals surface area contributed by atoms with Crippen LogP contribution in [0.5, 0.6) is 5.75 Å². The Morgan fingerprint density at radius 2 is 2.00 bits per heavy atom. The predicted molar refractivity (Wildman–Crippen MR) is 76.0 cm³/mol. The van der Waals surface area contributed by atoms with Crippen LogP contribution in [-0.4, -0.2) is 56.8 Å². The zero-order valence-corrected chi connectivity index (χ0v) is 11.8. The van der Waals surface area contributed by atoms with Gasteiger partial charge in [-0.3, -0.25) is 4.79 Å². The first kappa shape index (κ1) is 15.3. The minimum atomic E-state index is -0.780. The SMILES string of the molecule is COc1cccc(N(CCC(=O)O)CCN(C)C)c1. The van der Waals surface area contributed by atoms with Crippen molar-refractivity contribution in [3.05, 3.63) is 24.3 Å². The van der Waals surface area contributed by atoms with E-state index >= 15 is 0 Å². The molecular weight excluding hydrogens is 244 g/mol. The smallest absolute Gasteiger partial charge is 0.305 e. The molecule has 106 valence electrons. The molecule has 0 unspecified atom stereocenters. The lowest BCUT2D eigenvalue weighted by molar-refractivity contribution is -0.136. The van der Waals surface area contributed by atoms with Crippen molar-refractivity contribution in [1.29, 1.82) is 0 Å². The van der Waals surface area contributed by atoms with Crippen molar-refractivity contribution in [2.24, 2.45) is 0 Å². The van der Waals surface area contributed by atoms with E-state index in [0.717, 1.165) is 24.5 Å². The van der Waals surface area contributed by atoms with Crippen LogP contribution in [0.3, 0.4) is 0 Å². The molecule has 0 aliphatic rings. The molecule has 0 aliphatic heterocycles. The van der Waals surface area contributed by atoms with Crippen LogP contribution in [0.2, 0.25) is 0 Å². The third-order valence-corrected chi connectivity index (χ3v) is 2.83. The van der Waals surface area contributed by atoms with Gasteiger partial charge in [0.1, 0.15) is 5.75 Å². The van der Waals surface area contributed by atoms with E-state index in [2.05, 4.69) is 9.80 Å². The zero-order valence-electron chi connectivity index (χ0n) is 11.8. The second-order valence-corrected chi connectivity index (χ2v) is 4.64. The minimum Gasteiger partial charge on any atom is -0.497 e. The average Bonchev–Trinajstić information content (AvgIpc) is 2.38. The van der Waals surface area contributed by atoms with Gasteiger partial charge in [0.05, 0.1) is 13.5 Å². The molecule has 19 heavy (non-hydrogen) atoms. The second kappa shape index (κ2) is 7.63. The fraction of sp³-hybridized carbons (Fsp3) is 0.500. The largest absolute Gasteiger partial charge is 0.497 e. The zero-order chi connectivity index (χ0) is 14.3. The van der Waals surface area contributed by atoms with E-state index in [1.807, 2.05) is 38.4 Å². The average molecular weight is 266 g/mol. The van der Waals surface area contributed by atoms with E-state index in [9.17, 15) is 4.79 Å². The first-order valence-electron chi connectivity index (χ1n) is 6.28. The Hall–Kier alpha value is -1.75. The lowest BCUT2D eigenvalue weighted by Gasteiger charge is -2.26. The molecule has 5 heteroatoms. The van der Waals surface area contributed by atoms with Crippen LogP contribution in [0, 0.1) is 0 Å². The van der Waals surface area contributed by atoms with E-state index in [1.165, 1.54) is 0 Å². The van der Waals surface area contributed by atoms with Crippen molar-refractivity contribution in [2.75, 3.05) is 45.7 Å². The van der Waals surface area contributed by atoms with E-state index in [0.29, 0.717) is 6.54 Å². The standard InChI is InChI=1S/C14H22N2O3/c1-15(2)9-10-16(8-7-14(17)18)12-5-4-6-13(11-12)19-3/h4-6,11H,7-10H2,1-3H3,(H,17,18). The number of rotatable bonds is 8. The van der Waals surface area contributed by atoms with Crippen LogP contribution >= 0.6 is 0 Å². The number of likely N-dealkylation sites (N-methyl/N-ethyl adjacent to an activating group) is 1. The van der Waals surface area contributed by atoms with Gasteiger partial charge < -0.3 is 19.6 Å². The first-order valence-corrected chi connectivity index (χ1v) is 6.28. The van der Waals surface area contributed by atoms with Crippen molar-refractivity contribution in [1.82, 2.24) is 4.90 Å². The van der Waals surface area contributed by atoms with E-state index in [4.69, 9.17) is 9.84 Å². The summed E-state index contributed by atoms with van der Waals surface area (Å²) in [5.41, 5.74) is 0.988. The molecule has 0 radical (unpaired) electrons. The highest BCUT2D eigenvalue weighted by atomic mass is 16.5. The quantitative estimate of drug-likeness (QED) is 0.773. The summed E-state index contributed by atoms with van der Waals surface area (Å²) in [5, 5.41) is 8.83. The van der Waals surface area contributed by atoms with Gasteiger partial charge in [-0.2, -0.15) is 0 Å². The Morgan fingerprint density at radius 1 is 1.26 bits per heavy atom. The third kappa shape index (κ3) is 5.61. The van der Waals surface area contributed by atoms with Crippen molar-refractivity contribution in [2.45, 2.75) is 6.42 Å². The van der Waals surface area contributed by atoms with Gasteiger partial charge in [0.25, 0.3) is 0 Å². The Balaban J connectivity index is 2.77. The molecule has 0 aliphatic carbocycles. The maximum atomic E-state index is 10.7. The van der Waals surface area contributed by atoms with E-state index < -0.39 is 5.97 Å². The summed E-state index contributed by atoms with van der Waals surface area (Å²) in [7, 11) is 5.63. The molecule has 1 N–H and O–H groups in total. The number of aliphatic carboxylic acids is 1. The fourth-order valence-electron chi connectivity index (χ4n) is 1.73. The summed E-state index contributed by atoms with van der Waals surface area (Å²) in [6.07, 6.45) is 0.130. The van der Waals surface area contributed by atoms with Crippen LogP contribution in [0.1, 0.15) is 6.42 Å². The number of carboxylic acids is 1. The monoisotopic (exact) mass is 266 g/mol. The molecule has 5 nitrogen and oxygen atoms in total. The molecule has 1 aromatic carbocycles. The second-order valence-electron chi connectivity index (χ2n) is 4.64. The summed E-state index contributed by atoms with van der Waals surface area (Å²) < 4.78 is 5.20. The summed E-state index contributed by atoms with van der Waals surface area (Å²) >= 11 is 0. The molecule has 0 amide bonds. The van der Waals surface area contributed by atoms with Gasteiger partial charge in [-0.15, -0.1) is 0 Å². The van der Waals surface area contributed by atoms with E-state index in [1.54, 1.807) is 7.11 Å². The fourth-order valence-corrected chi connectivity index (χ4v) is 1.73.